The number of nitro benzene ring substituents is 1. The van der Waals surface area contributed by atoms with Crippen molar-refractivity contribution in [1.29, 1.82) is 0 Å². The van der Waals surface area contributed by atoms with Gasteiger partial charge >= 0.3 is 11.3 Å². The second-order valence-electron chi connectivity index (χ2n) is 7.61. The van der Waals surface area contributed by atoms with Gasteiger partial charge in [-0.2, -0.15) is 0 Å². The molecule has 6 aromatic rings. The van der Waals surface area contributed by atoms with E-state index in [4.69, 9.17) is 8.83 Å². The number of fused-ring (bicyclic) bond motifs is 4. The molecule has 0 saturated heterocycles. The number of non-ortho nitro benzene ring substituents is 1. The van der Waals surface area contributed by atoms with E-state index in [0.717, 1.165) is 27.5 Å². The topological polar surface area (TPSA) is 116 Å². The van der Waals surface area contributed by atoms with Gasteiger partial charge in [-0.1, -0.05) is 30.3 Å². The Labute approximate surface area is 193 Å². The SMILES string of the molecule is O=c1oc2ccc3ccccc3c2cc1-c1csc(-c2cc3cc([N+](=O)[O-])ccc3oc2=O)n1. The Morgan fingerprint density at radius 2 is 1.56 bits per heavy atom. The van der Waals surface area contributed by atoms with Crippen LogP contribution in [-0.4, -0.2) is 9.91 Å². The second kappa shape index (κ2) is 7.46. The summed E-state index contributed by atoms with van der Waals surface area (Å²) in [4.78, 5) is 40.4. The monoisotopic (exact) mass is 468 g/mol. The first-order valence-electron chi connectivity index (χ1n) is 10.1. The van der Waals surface area contributed by atoms with Crippen LogP contribution in [0.15, 0.2) is 90.5 Å². The highest BCUT2D eigenvalue weighted by atomic mass is 32.1. The maximum atomic E-state index is 12.7. The van der Waals surface area contributed by atoms with E-state index < -0.39 is 16.2 Å². The van der Waals surface area contributed by atoms with E-state index in [-0.39, 0.29) is 22.4 Å². The molecule has 3 heterocycles. The summed E-state index contributed by atoms with van der Waals surface area (Å²) in [5.41, 5.74) is 0.208. The Hall–Kier alpha value is -4.63. The van der Waals surface area contributed by atoms with Crippen LogP contribution in [0.1, 0.15) is 0 Å². The molecule has 8 nitrogen and oxygen atoms in total. The minimum atomic E-state index is -0.626. The average Bonchev–Trinajstić information content (AvgIpc) is 3.32. The number of thiazole rings is 1. The molecule has 0 aliphatic heterocycles. The van der Waals surface area contributed by atoms with Crippen LogP contribution in [0.5, 0.6) is 0 Å². The molecule has 6 rings (SSSR count). The van der Waals surface area contributed by atoms with Crippen molar-refractivity contribution in [1.82, 2.24) is 4.98 Å². The summed E-state index contributed by atoms with van der Waals surface area (Å²) in [5.74, 6) is 0. The van der Waals surface area contributed by atoms with Gasteiger partial charge in [-0.25, -0.2) is 14.6 Å². The standard InChI is InChI=1S/C25H12N2O6S/c28-24-18(11-17-16-4-2-1-3-13(16)5-7-22(17)33-24)20-12-34-23(26-20)19-10-14-9-15(27(30)31)6-8-21(14)32-25(19)29/h1-12H. The quantitative estimate of drug-likeness (QED) is 0.140. The fraction of sp³-hybridized carbons (Fsp3) is 0. The van der Waals surface area contributed by atoms with Crippen LogP contribution in [-0.2, 0) is 0 Å². The van der Waals surface area contributed by atoms with Gasteiger partial charge in [0.25, 0.3) is 5.69 Å². The van der Waals surface area contributed by atoms with Gasteiger partial charge in [0.2, 0.25) is 0 Å². The predicted molar refractivity (Wildman–Crippen MR) is 129 cm³/mol. The smallest absolute Gasteiger partial charge is 0.346 e. The molecule has 0 unspecified atom stereocenters. The fourth-order valence-corrected chi connectivity index (χ4v) is 4.77. The lowest BCUT2D eigenvalue weighted by Gasteiger charge is -2.04. The van der Waals surface area contributed by atoms with Crippen molar-refractivity contribution >= 4 is 49.7 Å². The molecule has 0 fully saturated rings. The Kier molecular flexibility index (Phi) is 4.39. The Bertz CT molecular complexity index is 1900. The van der Waals surface area contributed by atoms with Gasteiger partial charge in [-0.05, 0) is 35.0 Å². The van der Waals surface area contributed by atoms with Crippen LogP contribution >= 0.6 is 11.3 Å². The van der Waals surface area contributed by atoms with Crippen LogP contribution in [0, 0.1) is 10.1 Å². The molecule has 0 atom stereocenters. The highest BCUT2D eigenvalue weighted by Crippen LogP contribution is 2.31. The first-order chi connectivity index (χ1) is 16.5. The molecule has 0 bridgehead atoms. The van der Waals surface area contributed by atoms with Crippen molar-refractivity contribution in [2.45, 2.75) is 0 Å². The lowest BCUT2D eigenvalue weighted by atomic mass is 10.0. The summed E-state index contributed by atoms with van der Waals surface area (Å²) < 4.78 is 10.9. The van der Waals surface area contributed by atoms with Crippen molar-refractivity contribution in [3.63, 3.8) is 0 Å². The molecule has 0 N–H and O–H groups in total. The van der Waals surface area contributed by atoms with Gasteiger partial charge in [0.1, 0.15) is 16.2 Å². The van der Waals surface area contributed by atoms with Crippen molar-refractivity contribution in [3.05, 3.63) is 103 Å². The van der Waals surface area contributed by atoms with Gasteiger partial charge in [-0.15, -0.1) is 11.3 Å². The zero-order valence-electron chi connectivity index (χ0n) is 17.2. The summed E-state index contributed by atoms with van der Waals surface area (Å²) in [7, 11) is 0. The van der Waals surface area contributed by atoms with Crippen LogP contribution < -0.4 is 11.3 Å². The third kappa shape index (κ3) is 3.18. The molecular weight excluding hydrogens is 456 g/mol. The summed E-state index contributed by atoms with van der Waals surface area (Å²) in [6.45, 7) is 0. The van der Waals surface area contributed by atoms with Crippen LogP contribution in [0.3, 0.4) is 0 Å². The van der Waals surface area contributed by atoms with Crippen molar-refractivity contribution in [3.8, 4) is 21.8 Å². The third-order valence-electron chi connectivity index (χ3n) is 5.58. The second-order valence-corrected chi connectivity index (χ2v) is 8.47. The van der Waals surface area contributed by atoms with E-state index >= 15 is 0 Å². The number of hydrogen-bond acceptors (Lipinski definition) is 8. The molecule has 0 amide bonds. The predicted octanol–water partition coefficient (Wildman–Crippen LogP) is 5.75. The normalized spacial score (nSPS) is 11.4. The van der Waals surface area contributed by atoms with Crippen LogP contribution in [0.2, 0.25) is 0 Å². The zero-order chi connectivity index (χ0) is 23.4. The van der Waals surface area contributed by atoms with Crippen molar-refractivity contribution in [2.24, 2.45) is 0 Å². The minimum Gasteiger partial charge on any atom is -0.422 e. The number of benzene rings is 3. The van der Waals surface area contributed by atoms with Crippen LogP contribution in [0.4, 0.5) is 5.69 Å². The fourth-order valence-electron chi connectivity index (χ4n) is 3.94. The summed E-state index contributed by atoms with van der Waals surface area (Å²) in [5, 5.41) is 16.2. The van der Waals surface area contributed by atoms with Gasteiger partial charge in [-0.3, -0.25) is 10.1 Å². The molecule has 0 spiro atoms. The van der Waals surface area contributed by atoms with E-state index in [1.54, 1.807) is 17.5 Å². The number of nitro groups is 1. The summed E-state index contributed by atoms with van der Waals surface area (Å²) in [6.07, 6.45) is 0. The van der Waals surface area contributed by atoms with E-state index in [9.17, 15) is 19.7 Å². The van der Waals surface area contributed by atoms with E-state index in [1.807, 2.05) is 30.3 Å². The highest BCUT2D eigenvalue weighted by Gasteiger charge is 2.17. The number of rotatable bonds is 3. The first kappa shape index (κ1) is 20.0. The Morgan fingerprint density at radius 1 is 0.794 bits per heavy atom. The Morgan fingerprint density at radius 3 is 2.41 bits per heavy atom. The van der Waals surface area contributed by atoms with Crippen molar-refractivity contribution in [2.75, 3.05) is 0 Å². The third-order valence-corrected chi connectivity index (χ3v) is 6.45. The lowest BCUT2D eigenvalue weighted by molar-refractivity contribution is -0.384. The van der Waals surface area contributed by atoms with Crippen molar-refractivity contribution < 1.29 is 13.8 Å². The molecule has 34 heavy (non-hydrogen) atoms. The number of aromatic nitrogens is 1. The number of nitrogens with zero attached hydrogens (tertiary/aromatic N) is 2. The average molecular weight is 468 g/mol. The van der Waals surface area contributed by atoms with E-state index in [0.29, 0.717) is 21.7 Å². The van der Waals surface area contributed by atoms with Gasteiger partial charge in [0.05, 0.1) is 21.7 Å². The maximum absolute atomic E-state index is 12.7. The maximum Gasteiger partial charge on any atom is 0.346 e. The summed E-state index contributed by atoms with van der Waals surface area (Å²) in [6, 6.07) is 18.7. The van der Waals surface area contributed by atoms with E-state index in [1.165, 1.54) is 24.3 Å². The molecule has 0 radical (unpaired) electrons. The molecule has 0 aliphatic carbocycles. The van der Waals surface area contributed by atoms with Gasteiger partial charge in [0, 0.05) is 28.3 Å². The van der Waals surface area contributed by atoms with E-state index in [2.05, 4.69) is 4.98 Å². The molecular formula is C25H12N2O6S. The molecule has 0 saturated carbocycles. The lowest BCUT2D eigenvalue weighted by Crippen LogP contribution is -2.04. The number of hydrogen-bond donors (Lipinski definition) is 0. The van der Waals surface area contributed by atoms with Gasteiger partial charge in [0.15, 0.2) is 0 Å². The Balaban J connectivity index is 1.50. The largest absolute Gasteiger partial charge is 0.422 e. The molecule has 3 aromatic carbocycles. The molecule has 164 valence electrons. The zero-order valence-corrected chi connectivity index (χ0v) is 18.0. The highest BCUT2D eigenvalue weighted by molar-refractivity contribution is 7.13. The molecule has 3 aromatic heterocycles. The first-order valence-corrected chi connectivity index (χ1v) is 11.0. The molecule has 9 heteroatoms. The minimum absolute atomic E-state index is 0.117. The summed E-state index contributed by atoms with van der Waals surface area (Å²) >= 11 is 1.16. The van der Waals surface area contributed by atoms with Crippen LogP contribution in [0.25, 0.3) is 54.5 Å². The van der Waals surface area contributed by atoms with Gasteiger partial charge < -0.3 is 8.83 Å². The molecule has 0 aliphatic rings.